The predicted octanol–water partition coefficient (Wildman–Crippen LogP) is 0.0650. The molecule has 1 unspecified atom stereocenters. The molecule has 1 amide bonds. The predicted molar refractivity (Wildman–Crippen MR) is 66.8 cm³/mol. The summed E-state index contributed by atoms with van der Waals surface area (Å²) in [5.74, 6) is -0.716. The molecule has 1 aromatic heterocycles. The SMILES string of the molecule is O=C(NC1(C(=O)O)CCSC1)c1c[nH]ccc1=O. The number of aromatic nitrogens is 1. The lowest BCUT2D eigenvalue weighted by Crippen LogP contribution is -2.55. The van der Waals surface area contributed by atoms with Gasteiger partial charge in [0.2, 0.25) is 0 Å². The van der Waals surface area contributed by atoms with Crippen molar-refractivity contribution in [1.82, 2.24) is 10.3 Å². The molecule has 96 valence electrons. The Hall–Kier alpha value is -1.76. The Morgan fingerprint density at radius 2 is 2.28 bits per heavy atom. The van der Waals surface area contributed by atoms with Crippen LogP contribution in [0.25, 0.3) is 0 Å². The number of carbonyl (C=O) groups excluding carboxylic acids is 1. The lowest BCUT2D eigenvalue weighted by Gasteiger charge is -2.24. The Kier molecular flexibility index (Phi) is 3.42. The average molecular weight is 268 g/mol. The summed E-state index contributed by atoms with van der Waals surface area (Å²) < 4.78 is 0. The standard InChI is InChI=1S/C11H12N2O4S/c14-8-1-3-12-5-7(8)9(15)13-11(10(16)17)2-4-18-6-11/h1,3,5H,2,4,6H2,(H,12,14)(H,13,15)(H,16,17). The number of thioether (sulfide) groups is 1. The van der Waals surface area contributed by atoms with Crippen LogP contribution in [0.4, 0.5) is 0 Å². The number of nitrogens with one attached hydrogen (secondary N) is 2. The second-order valence-electron chi connectivity index (χ2n) is 4.07. The van der Waals surface area contributed by atoms with Gasteiger partial charge in [-0.1, -0.05) is 0 Å². The van der Waals surface area contributed by atoms with Crippen LogP contribution >= 0.6 is 11.8 Å². The van der Waals surface area contributed by atoms with Crippen LogP contribution in [0.5, 0.6) is 0 Å². The lowest BCUT2D eigenvalue weighted by molar-refractivity contribution is -0.143. The Labute approximate surface area is 107 Å². The van der Waals surface area contributed by atoms with E-state index in [2.05, 4.69) is 10.3 Å². The van der Waals surface area contributed by atoms with Crippen LogP contribution in [0.15, 0.2) is 23.3 Å². The zero-order chi connectivity index (χ0) is 13.2. The highest BCUT2D eigenvalue weighted by Gasteiger charge is 2.43. The smallest absolute Gasteiger partial charge is 0.330 e. The minimum atomic E-state index is -1.26. The van der Waals surface area contributed by atoms with Crippen molar-refractivity contribution in [3.05, 3.63) is 34.2 Å². The molecule has 0 spiro atoms. The number of aromatic amines is 1. The molecule has 0 bridgehead atoms. The van der Waals surface area contributed by atoms with E-state index in [1.807, 2.05) is 0 Å². The first-order valence-corrected chi connectivity index (χ1v) is 6.51. The van der Waals surface area contributed by atoms with Gasteiger partial charge in [-0.15, -0.1) is 0 Å². The largest absolute Gasteiger partial charge is 0.479 e. The van der Waals surface area contributed by atoms with Gasteiger partial charge in [0.05, 0.1) is 0 Å². The Morgan fingerprint density at radius 1 is 1.50 bits per heavy atom. The van der Waals surface area contributed by atoms with Gasteiger partial charge in [-0.05, 0) is 12.2 Å². The zero-order valence-electron chi connectivity index (χ0n) is 9.43. The van der Waals surface area contributed by atoms with Crippen LogP contribution in [-0.4, -0.2) is 39.0 Å². The molecular weight excluding hydrogens is 256 g/mol. The Bertz CT molecular complexity index is 534. The van der Waals surface area contributed by atoms with Crippen molar-refractivity contribution in [3.8, 4) is 0 Å². The van der Waals surface area contributed by atoms with Gasteiger partial charge in [0, 0.05) is 24.2 Å². The van der Waals surface area contributed by atoms with E-state index in [1.165, 1.54) is 30.2 Å². The van der Waals surface area contributed by atoms with E-state index in [4.69, 9.17) is 0 Å². The number of rotatable bonds is 3. The number of amides is 1. The first-order chi connectivity index (χ1) is 8.55. The highest BCUT2D eigenvalue weighted by molar-refractivity contribution is 7.99. The topological polar surface area (TPSA) is 99.3 Å². The summed E-state index contributed by atoms with van der Waals surface area (Å²) in [7, 11) is 0. The third kappa shape index (κ3) is 2.26. The van der Waals surface area contributed by atoms with E-state index >= 15 is 0 Å². The number of aliphatic carboxylic acids is 1. The first-order valence-electron chi connectivity index (χ1n) is 5.36. The molecule has 0 radical (unpaired) electrons. The summed E-state index contributed by atoms with van der Waals surface area (Å²) >= 11 is 1.47. The molecule has 0 saturated carbocycles. The van der Waals surface area contributed by atoms with E-state index in [1.54, 1.807) is 0 Å². The van der Waals surface area contributed by atoms with Gasteiger partial charge in [-0.25, -0.2) is 4.79 Å². The van der Waals surface area contributed by atoms with Crippen LogP contribution in [-0.2, 0) is 4.79 Å². The summed E-state index contributed by atoms with van der Waals surface area (Å²) in [6.07, 6.45) is 3.05. The maximum absolute atomic E-state index is 11.9. The molecular formula is C11H12N2O4S. The van der Waals surface area contributed by atoms with Gasteiger partial charge >= 0.3 is 5.97 Å². The Balaban J connectivity index is 2.23. The van der Waals surface area contributed by atoms with Crippen molar-refractivity contribution in [2.45, 2.75) is 12.0 Å². The number of hydrogen-bond donors (Lipinski definition) is 3. The molecule has 1 fully saturated rings. The monoisotopic (exact) mass is 268 g/mol. The normalized spacial score (nSPS) is 22.7. The van der Waals surface area contributed by atoms with E-state index in [0.29, 0.717) is 17.9 Å². The minimum Gasteiger partial charge on any atom is -0.479 e. The molecule has 7 heteroatoms. The molecule has 0 aliphatic carbocycles. The van der Waals surface area contributed by atoms with Crippen molar-refractivity contribution in [2.75, 3.05) is 11.5 Å². The fourth-order valence-electron chi connectivity index (χ4n) is 1.76. The molecule has 1 aliphatic rings. The van der Waals surface area contributed by atoms with Crippen LogP contribution in [0.1, 0.15) is 16.8 Å². The summed E-state index contributed by atoms with van der Waals surface area (Å²) in [6, 6.07) is 1.23. The summed E-state index contributed by atoms with van der Waals surface area (Å²) in [6.45, 7) is 0. The zero-order valence-corrected chi connectivity index (χ0v) is 10.3. The quantitative estimate of drug-likeness (QED) is 0.720. The summed E-state index contributed by atoms with van der Waals surface area (Å²) in [5, 5.41) is 11.7. The second-order valence-corrected chi connectivity index (χ2v) is 5.17. The van der Waals surface area contributed by atoms with Crippen LogP contribution in [0.2, 0.25) is 0 Å². The summed E-state index contributed by atoms with van der Waals surface area (Å²) in [5.41, 5.74) is -1.77. The second kappa shape index (κ2) is 4.85. The molecule has 0 aromatic carbocycles. The average Bonchev–Trinajstić information content (AvgIpc) is 2.79. The van der Waals surface area contributed by atoms with Gasteiger partial charge in [0.15, 0.2) is 5.43 Å². The van der Waals surface area contributed by atoms with Crippen molar-refractivity contribution in [1.29, 1.82) is 0 Å². The maximum Gasteiger partial charge on any atom is 0.330 e. The molecule has 1 aliphatic heterocycles. The van der Waals surface area contributed by atoms with E-state index in [-0.39, 0.29) is 5.56 Å². The molecule has 1 atom stereocenters. The highest BCUT2D eigenvalue weighted by atomic mass is 32.2. The van der Waals surface area contributed by atoms with Gasteiger partial charge < -0.3 is 15.4 Å². The van der Waals surface area contributed by atoms with Gasteiger partial charge in [-0.3, -0.25) is 9.59 Å². The minimum absolute atomic E-state index is 0.0741. The third-order valence-electron chi connectivity index (χ3n) is 2.85. The number of pyridine rings is 1. The van der Waals surface area contributed by atoms with Crippen LogP contribution in [0, 0.1) is 0 Å². The number of carboxylic acids is 1. The number of hydrogen-bond acceptors (Lipinski definition) is 4. The number of H-pyrrole nitrogens is 1. The highest BCUT2D eigenvalue weighted by Crippen LogP contribution is 2.28. The fraction of sp³-hybridized carbons (Fsp3) is 0.364. The number of carboxylic acid groups (broad SMARTS) is 1. The van der Waals surface area contributed by atoms with Crippen LogP contribution < -0.4 is 10.7 Å². The number of carbonyl (C=O) groups is 2. The van der Waals surface area contributed by atoms with Crippen molar-refractivity contribution in [2.24, 2.45) is 0 Å². The maximum atomic E-state index is 11.9. The van der Waals surface area contributed by atoms with Gasteiger partial charge in [0.25, 0.3) is 5.91 Å². The summed E-state index contributed by atoms with van der Waals surface area (Å²) in [4.78, 5) is 37.3. The van der Waals surface area contributed by atoms with Crippen molar-refractivity contribution >= 4 is 23.6 Å². The molecule has 1 aromatic rings. The molecule has 2 rings (SSSR count). The van der Waals surface area contributed by atoms with Crippen LogP contribution in [0.3, 0.4) is 0 Å². The van der Waals surface area contributed by atoms with E-state index in [0.717, 1.165) is 0 Å². The molecule has 1 saturated heterocycles. The fourth-order valence-corrected chi connectivity index (χ4v) is 3.09. The molecule has 6 nitrogen and oxygen atoms in total. The van der Waals surface area contributed by atoms with E-state index in [9.17, 15) is 19.5 Å². The van der Waals surface area contributed by atoms with Gasteiger partial charge in [-0.2, -0.15) is 11.8 Å². The lowest BCUT2D eigenvalue weighted by atomic mass is 9.98. The third-order valence-corrected chi connectivity index (χ3v) is 4.04. The van der Waals surface area contributed by atoms with Gasteiger partial charge in [0.1, 0.15) is 11.1 Å². The van der Waals surface area contributed by atoms with E-state index < -0.39 is 22.8 Å². The Morgan fingerprint density at radius 3 is 2.83 bits per heavy atom. The van der Waals surface area contributed by atoms with Crippen molar-refractivity contribution < 1.29 is 14.7 Å². The molecule has 18 heavy (non-hydrogen) atoms. The first kappa shape index (κ1) is 12.7. The van der Waals surface area contributed by atoms with Crippen molar-refractivity contribution in [3.63, 3.8) is 0 Å². The molecule has 3 N–H and O–H groups in total. The molecule has 2 heterocycles.